The molecule has 0 aliphatic rings. The zero-order valence-electron chi connectivity index (χ0n) is 16.5. The molecular formula is C22H14Cl2F3N5O. The highest BCUT2D eigenvalue weighted by molar-refractivity contribution is 6.42. The number of carbonyl (C=O) groups is 1. The second kappa shape index (κ2) is 9.13. The van der Waals surface area contributed by atoms with Gasteiger partial charge in [0.15, 0.2) is 0 Å². The predicted octanol–water partition coefficient (Wildman–Crippen LogP) is 7.34. The summed E-state index contributed by atoms with van der Waals surface area (Å²) < 4.78 is 39.1. The molecule has 6 nitrogen and oxygen atoms in total. The maximum atomic E-state index is 13.0. The summed E-state index contributed by atoms with van der Waals surface area (Å²) in [6.45, 7) is 0. The normalized spacial score (nSPS) is 11.3. The lowest BCUT2D eigenvalue weighted by molar-refractivity contribution is -0.137. The Labute approximate surface area is 195 Å². The van der Waals surface area contributed by atoms with Gasteiger partial charge in [-0.25, -0.2) is 14.8 Å². The summed E-state index contributed by atoms with van der Waals surface area (Å²) >= 11 is 11.8. The van der Waals surface area contributed by atoms with Gasteiger partial charge in [-0.1, -0.05) is 29.3 Å². The lowest BCUT2D eigenvalue weighted by Gasteiger charge is -2.13. The topological polar surface area (TPSA) is 78.9 Å². The molecule has 3 aromatic carbocycles. The first-order chi connectivity index (χ1) is 15.7. The number of benzene rings is 3. The van der Waals surface area contributed by atoms with E-state index in [1.54, 1.807) is 30.3 Å². The van der Waals surface area contributed by atoms with Crippen molar-refractivity contribution in [3.63, 3.8) is 0 Å². The molecule has 0 atom stereocenters. The van der Waals surface area contributed by atoms with Crippen LogP contribution in [-0.4, -0.2) is 16.0 Å². The number of anilines is 4. The van der Waals surface area contributed by atoms with Gasteiger partial charge in [-0.3, -0.25) is 0 Å². The summed E-state index contributed by atoms with van der Waals surface area (Å²) in [6.07, 6.45) is -3.17. The number of halogens is 5. The van der Waals surface area contributed by atoms with Gasteiger partial charge < -0.3 is 16.0 Å². The van der Waals surface area contributed by atoms with E-state index in [1.807, 2.05) is 0 Å². The lowest BCUT2D eigenvalue weighted by atomic mass is 10.1. The van der Waals surface area contributed by atoms with E-state index in [1.165, 1.54) is 24.5 Å². The molecule has 0 bridgehead atoms. The van der Waals surface area contributed by atoms with Gasteiger partial charge in [-0.15, -0.1) is 0 Å². The number of nitrogens with one attached hydrogen (secondary N) is 3. The Balaban J connectivity index is 1.56. The van der Waals surface area contributed by atoms with E-state index in [0.29, 0.717) is 32.3 Å². The van der Waals surface area contributed by atoms with Crippen LogP contribution >= 0.6 is 23.2 Å². The van der Waals surface area contributed by atoms with Crippen LogP contribution in [0.1, 0.15) is 5.56 Å². The number of urea groups is 1. The zero-order chi connectivity index (χ0) is 23.6. The van der Waals surface area contributed by atoms with Gasteiger partial charge in [-0.2, -0.15) is 13.2 Å². The minimum absolute atomic E-state index is 0.209. The average Bonchev–Trinajstić information content (AvgIpc) is 2.76. The minimum Gasteiger partial charge on any atom is -0.340 e. The number of alkyl halides is 3. The van der Waals surface area contributed by atoms with Crippen LogP contribution in [0, 0.1) is 0 Å². The highest BCUT2D eigenvalue weighted by Crippen LogP contribution is 2.32. The SMILES string of the molecule is O=C(Nc1ccc(Cl)c(Cl)c1)Nc1ccc2ncnc(Nc3cccc(C(F)(F)F)c3)c2c1. The monoisotopic (exact) mass is 491 g/mol. The van der Waals surface area contributed by atoms with Gasteiger partial charge in [0.05, 0.1) is 21.1 Å². The third kappa shape index (κ3) is 5.44. The van der Waals surface area contributed by atoms with Gasteiger partial charge in [0, 0.05) is 22.4 Å². The van der Waals surface area contributed by atoms with Gasteiger partial charge in [-0.05, 0) is 54.6 Å². The number of hydrogen-bond donors (Lipinski definition) is 3. The van der Waals surface area contributed by atoms with E-state index in [0.717, 1.165) is 12.1 Å². The van der Waals surface area contributed by atoms with Gasteiger partial charge in [0.2, 0.25) is 0 Å². The van der Waals surface area contributed by atoms with Gasteiger partial charge in [0.1, 0.15) is 12.1 Å². The van der Waals surface area contributed by atoms with Crippen molar-refractivity contribution in [3.8, 4) is 0 Å². The summed E-state index contributed by atoms with van der Waals surface area (Å²) in [7, 11) is 0. The fourth-order valence-electron chi connectivity index (χ4n) is 3.01. The molecule has 33 heavy (non-hydrogen) atoms. The summed E-state index contributed by atoms with van der Waals surface area (Å²) in [6, 6.07) is 13.8. The third-order valence-electron chi connectivity index (χ3n) is 4.52. The van der Waals surface area contributed by atoms with Crippen LogP contribution < -0.4 is 16.0 Å². The fourth-order valence-corrected chi connectivity index (χ4v) is 3.31. The smallest absolute Gasteiger partial charge is 0.340 e. The number of fused-ring (bicyclic) bond motifs is 1. The Hall–Kier alpha value is -3.56. The Morgan fingerprint density at radius 2 is 1.55 bits per heavy atom. The van der Waals surface area contributed by atoms with E-state index < -0.39 is 17.8 Å². The van der Waals surface area contributed by atoms with E-state index in [4.69, 9.17) is 23.2 Å². The van der Waals surface area contributed by atoms with Crippen LogP contribution in [0.2, 0.25) is 10.0 Å². The van der Waals surface area contributed by atoms with Crippen LogP contribution in [0.25, 0.3) is 10.9 Å². The highest BCUT2D eigenvalue weighted by Gasteiger charge is 2.30. The molecule has 0 unspecified atom stereocenters. The average molecular weight is 492 g/mol. The van der Waals surface area contributed by atoms with Crippen molar-refractivity contribution in [2.75, 3.05) is 16.0 Å². The number of carbonyl (C=O) groups excluding carboxylic acids is 1. The van der Waals surface area contributed by atoms with Crippen molar-refractivity contribution < 1.29 is 18.0 Å². The quantitative estimate of drug-likeness (QED) is 0.279. The van der Waals surface area contributed by atoms with E-state index in [9.17, 15) is 18.0 Å². The molecule has 0 aliphatic carbocycles. The van der Waals surface area contributed by atoms with Gasteiger partial charge >= 0.3 is 12.2 Å². The molecular weight excluding hydrogens is 478 g/mol. The lowest BCUT2D eigenvalue weighted by Crippen LogP contribution is -2.19. The summed E-state index contributed by atoms with van der Waals surface area (Å²) in [5, 5.41) is 9.35. The highest BCUT2D eigenvalue weighted by atomic mass is 35.5. The minimum atomic E-state index is -4.47. The van der Waals surface area contributed by atoms with E-state index in [-0.39, 0.29) is 11.5 Å². The molecule has 1 aromatic heterocycles. The van der Waals surface area contributed by atoms with E-state index >= 15 is 0 Å². The second-order valence-corrected chi connectivity index (χ2v) is 7.68. The van der Waals surface area contributed by atoms with Crippen LogP contribution in [0.3, 0.4) is 0 Å². The van der Waals surface area contributed by atoms with Crippen LogP contribution in [0.5, 0.6) is 0 Å². The summed E-state index contributed by atoms with van der Waals surface area (Å²) in [4.78, 5) is 20.7. The predicted molar refractivity (Wildman–Crippen MR) is 123 cm³/mol. The molecule has 0 radical (unpaired) electrons. The van der Waals surface area contributed by atoms with Crippen molar-refractivity contribution in [2.24, 2.45) is 0 Å². The third-order valence-corrected chi connectivity index (χ3v) is 5.26. The zero-order valence-corrected chi connectivity index (χ0v) is 18.1. The molecule has 168 valence electrons. The molecule has 0 aliphatic heterocycles. The first kappa shape index (κ1) is 22.6. The fraction of sp³-hybridized carbons (Fsp3) is 0.0455. The van der Waals surface area contributed by atoms with Crippen molar-refractivity contribution >= 4 is 63.0 Å². The molecule has 0 fully saturated rings. The Morgan fingerprint density at radius 1 is 0.818 bits per heavy atom. The number of amides is 2. The number of rotatable bonds is 4. The van der Waals surface area contributed by atoms with Crippen molar-refractivity contribution in [1.29, 1.82) is 0 Å². The molecule has 4 rings (SSSR count). The molecule has 0 saturated heterocycles. The number of hydrogen-bond acceptors (Lipinski definition) is 4. The molecule has 3 N–H and O–H groups in total. The first-order valence-corrected chi connectivity index (χ1v) is 10.2. The van der Waals surface area contributed by atoms with Gasteiger partial charge in [0.25, 0.3) is 0 Å². The Bertz CT molecular complexity index is 1350. The van der Waals surface area contributed by atoms with Crippen molar-refractivity contribution in [3.05, 3.63) is 82.6 Å². The molecule has 1 heterocycles. The van der Waals surface area contributed by atoms with E-state index in [2.05, 4.69) is 25.9 Å². The van der Waals surface area contributed by atoms with Crippen molar-refractivity contribution in [2.45, 2.75) is 6.18 Å². The maximum absolute atomic E-state index is 13.0. The second-order valence-electron chi connectivity index (χ2n) is 6.87. The summed E-state index contributed by atoms with van der Waals surface area (Å²) in [5.41, 5.74) is 0.822. The maximum Gasteiger partial charge on any atom is 0.416 e. The Kier molecular flexibility index (Phi) is 6.26. The number of nitrogens with zero attached hydrogens (tertiary/aromatic N) is 2. The standard InChI is InChI=1S/C22H14Cl2F3N5O/c23-17-6-4-15(10-18(17)24)32-21(33)31-14-5-7-19-16(9-14)20(29-11-28-19)30-13-3-1-2-12(8-13)22(25,26)27/h1-11H,(H,28,29,30)(H2,31,32,33). The van der Waals surface area contributed by atoms with Crippen LogP contribution in [0.15, 0.2) is 67.0 Å². The molecule has 11 heteroatoms. The number of aromatic nitrogens is 2. The van der Waals surface area contributed by atoms with Crippen molar-refractivity contribution in [1.82, 2.24) is 9.97 Å². The molecule has 0 saturated carbocycles. The largest absolute Gasteiger partial charge is 0.416 e. The van der Waals surface area contributed by atoms with Crippen LogP contribution in [-0.2, 0) is 6.18 Å². The Morgan fingerprint density at radius 3 is 2.27 bits per heavy atom. The molecule has 2 amide bonds. The first-order valence-electron chi connectivity index (χ1n) is 9.41. The molecule has 4 aromatic rings. The van der Waals surface area contributed by atoms with Crippen LogP contribution in [0.4, 0.5) is 40.8 Å². The molecule has 0 spiro atoms. The summed E-state index contributed by atoms with van der Waals surface area (Å²) in [5.74, 6) is 0.285.